The van der Waals surface area contributed by atoms with Gasteiger partial charge in [0.25, 0.3) is 0 Å². The zero-order chi connectivity index (χ0) is 25.2. The number of para-hydroxylation sites is 1. The number of hydrogen-bond acceptors (Lipinski definition) is 7. The average molecular weight is 468 g/mol. The highest BCUT2D eigenvalue weighted by Crippen LogP contribution is 2.37. The number of nitrogens with two attached hydrogens (primary N) is 1. The molecule has 2 amide bonds. The smallest absolute Gasteiger partial charge is 0.415 e. The number of carbonyl (C=O) groups excluding carboxylic acids is 2. The first-order valence-corrected chi connectivity index (χ1v) is 10.7. The van der Waals surface area contributed by atoms with Gasteiger partial charge in [-0.25, -0.2) is 9.59 Å². The molecular weight excluding hydrogens is 438 g/mol. The van der Waals surface area contributed by atoms with E-state index in [1.54, 1.807) is 63.1 Å². The molecule has 0 fully saturated rings. The molecule has 0 radical (unpaired) electrons. The lowest BCUT2D eigenvalue weighted by atomic mass is 10.1. The predicted octanol–water partition coefficient (Wildman–Crippen LogP) is 4.18. The third kappa shape index (κ3) is 5.14. The summed E-state index contributed by atoms with van der Waals surface area (Å²) in [4.78, 5) is 40.3. The van der Waals surface area contributed by atoms with Crippen LogP contribution < -0.4 is 25.9 Å². The van der Waals surface area contributed by atoms with Gasteiger partial charge in [-0.3, -0.25) is 9.69 Å². The van der Waals surface area contributed by atoms with Gasteiger partial charge in [-0.2, -0.15) is 0 Å². The Morgan fingerprint density at radius 3 is 2.35 bits per heavy atom. The topological polar surface area (TPSA) is 115 Å². The quantitative estimate of drug-likeness (QED) is 0.541. The van der Waals surface area contributed by atoms with Gasteiger partial charge in [0.05, 0.1) is 18.5 Å². The van der Waals surface area contributed by atoms with E-state index in [9.17, 15) is 14.4 Å². The summed E-state index contributed by atoms with van der Waals surface area (Å²) in [6.07, 6.45) is -0.747. The summed E-state index contributed by atoms with van der Waals surface area (Å²) in [5.41, 5.74) is 6.22. The van der Waals surface area contributed by atoms with E-state index >= 15 is 0 Å². The third-order valence-electron chi connectivity index (χ3n) is 5.19. The Balaban J connectivity index is 2.16. The lowest BCUT2D eigenvalue weighted by Gasteiger charge is -2.32. The number of hydrogen-bond donors (Lipinski definition) is 1. The first-order chi connectivity index (χ1) is 15.9. The van der Waals surface area contributed by atoms with Crippen molar-refractivity contribution < 1.29 is 23.5 Å². The molecule has 9 nitrogen and oxygen atoms in total. The Kier molecular flexibility index (Phi) is 6.85. The molecule has 9 heteroatoms. The van der Waals surface area contributed by atoms with Gasteiger partial charge in [0.2, 0.25) is 5.91 Å². The lowest BCUT2D eigenvalue weighted by Crippen LogP contribution is -2.48. The van der Waals surface area contributed by atoms with Crippen LogP contribution in [0.25, 0.3) is 11.0 Å². The molecule has 0 spiro atoms. The number of rotatable bonds is 6. The molecule has 1 aromatic heterocycles. The SMILES string of the molecule is COc1ccc(N(C)c2cc(=O)oc3ccccc23)cc1N(C(=O)OC(C)(C)C)[C@@H](C)C(N)=O. The van der Waals surface area contributed by atoms with Gasteiger partial charge in [0, 0.05) is 24.2 Å². The third-order valence-corrected chi connectivity index (χ3v) is 5.19. The Morgan fingerprint density at radius 1 is 1.06 bits per heavy atom. The number of nitrogens with zero attached hydrogens (tertiary/aromatic N) is 2. The van der Waals surface area contributed by atoms with E-state index in [2.05, 4.69) is 0 Å². The summed E-state index contributed by atoms with van der Waals surface area (Å²) in [5.74, 6) is -0.369. The van der Waals surface area contributed by atoms with Crippen molar-refractivity contribution in [2.75, 3.05) is 24.0 Å². The molecular formula is C25H29N3O6. The van der Waals surface area contributed by atoms with E-state index in [0.29, 0.717) is 28.4 Å². The molecule has 0 aliphatic heterocycles. The molecule has 2 N–H and O–H groups in total. The van der Waals surface area contributed by atoms with E-state index in [0.717, 1.165) is 5.39 Å². The molecule has 0 aliphatic carbocycles. The fourth-order valence-electron chi connectivity index (χ4n) is 3.49. The maximum Gasteiger partial charge on any atom is 0.415 e. The highest BCUT2D eigenvalue weighted by atomic mass is 16.6. The van der Waals surface area contributed by atoms with Crippen LogP contribution in [0.15, 0.2) is 57.7 Å². The van der Waals surface area contributed by atoms with Crippen LogP contribution in [0.1, 0.15) is 27.7 Å². The minimum Gasteiger partial charge on any atom is -0.495 e. The van der Waals surface area contributed by atoms with Crippen molar-refractivity contribution in [2.24, 2.45) is 5.73 Å². The van der Waals surface area contributed by atoms with E-state index in [1.807, 2.05) is 12.1 Å². The molecule has 1 atom stereocenters. The number of primary amides is 1. The number of anilines is 3. The van der Waals surface area contributed by atoms with Crippen LogP contribution >= 0.6 is 0 Å². The Hall–Kier alpha value is -4.01. The van der Waals surface area contributed by atoms with Crippen LogP contribution in [0.3, 0.4) is 0 Å². The molecule has 0 aliphatic rings. The molecule has 0 unspecified atom stereocenters. The van der Waals surface area contributed by atoms with Crippen LogP contribution in [0.2, 0.25) is 0 Å². The van der Waals surface area contributed by atoms with Crippen LogP contribution in [0, 0.1) is 0 Å². The van der Waals surface area contributed by atoms with Gasteiger partial charge in [0.15, 0.2) is 0 Å². The van der Waals surface area contributed by atoms with Gasteiger partial charge in [0.1, 0.15) is 23.0 Å². The second-order valence-electron chi connectivity index (χ2n) is 8.79. The van der Waals surface area contributed by atoms with Crippen molar-refractivity contribution in [3.8, 4) is 5.75 Å². The number of amides is 2. The number of fused-ring (bicyclic) bond motifs is 1. The highest BCUT2D eigenvalue weighted by molar-refractivity contribution is 5.99. The van der Waals surface area contributed by atoms with Crippen molar-refractivity contribution in [3.63, 3.8) is 0 Å². The first kappa shape index (κ1) is 24.6. The van der Waals surface area contributed by atoms with Gasteiger partial charge >= 0.3 is 11.7 Å². The van der Waals surface area contributed by atoms with E-state index < -0.39 is 29.3 Å². The number of methoxy groups -OCH3 is 1. The Morgan fingerprint density at radius 2 is 1.74 bits per heavy atom. The van der Waals surface area contributed by atoms with Crippen LogP contribution in [-0.2, 0) is 9.53 Å². The van der Waals surface area contributed by atoms with Gasteiger partial charge < -0.3 is 24.5 Å². The lowest BCUT2D eigenvalue weighted by molar-refractivity contribution is -0.119. The van der Waals surface area contributed by atoms with Crippen molar-refractivity contribution in [3.05, 3.63) is 59.0 Å². The Labute approximate surface area is 197 Å². The van der Waals surface area contributed by atoms with Crippen LogP contribution in [0.5, 0.6) is 5.75 Å². The largest absolute Gasteiger partial charge is 0.495 e. The molecule has 180 valence electrons. The van der Waals surface area contributed by atoms with Gasteiger partial charge in [-0.05, 0) is 58.0 Å². The fraction of sp³-hybridized carbons (Fsp3) is 0.320. The molecule has 34 heavy (non-hydrogen) atoms. The zero-order valence-corrected chi connectivity index (χ0v) is 20.1. The van der Waals surface area contributed by atoms with E-state index in [-0.39, 0.29) is 0 Å². The van der Waals surface area contributed by atoms with E-state index in [1.165, 1.54) is 25.0 Å². The van der Waals surface area contributed by atoms with Crippen molar-refractivity contribution in [1.29, 1.82) is 0 Å². The standard InChI is InChI=1S/C25H29N3O6/c1-15(23(26)30)28(24(31)34-25(2,3)4)19-13-16(11-12-21(19)32-6)27(5)18-14-22(29)33-20-10-8-7-9-17(18)20/h7-15H,1-6H3,(H2,26,30)/t15-/m0/s1. The fourth-order valence-corrected chi connectivity index (χ4v) is 3.49. The van der Waals surface area contributed by atoms with Crippen molar-refractivity contribution >= 4 is 40.0 Å². The number of carbonyl (C=O) groups is 2. The number of benzene rings is 2. The van der Waals surface area contributed by atoms with Gasteiger partial charge in [-0.1, -0.05) is 12.1 Å². The molecule has 2 aromatic carbocycles. The predicted molar refractivity (Wildman–Crippen MR) is 131 cm³/mol. The maximum absolute atomic E-state index is 13.1. The molecule has 1 heterocycles. The normalized spacial score (nSPS) is 12.2. The summed E-state index contributed by atoms with van der Waals surface area (Å²) in [6, 6.07) is 12.7. The molecule has 3 aromatic rings. The van der Waals surface area contributed by atoms with E-state index in [4.69, 9.17) is 19.6 Å². The van der Waals surface area contributed by atoms with Crippen molar-refractivity contribution in [2.45, 2.75) is 39.3 Å². The second-order valence-corrected chi connectivity index (χ2v) is 8.79. The minimum atomic E-state index is -1.02. The van der Waals surface area contributed by atoms with Crippen LogP contribution in [0.4, 0.5) is 21.9 Å². The molecule has 0 saturated carbocycles. The summed E-state index contributed by atoms with van der Waals surface area (Å²) in [5, 5.41) is 0.733. The molecule has 0 saturated heterocycles. The average Bonchev–Trinajstić information content (AvgIpc) is 2.76. The number of ether oxygens (including phenoxy) is 2. The highest BCUT2D eigenvalue weighted by Gasteiger charge is 2.32. The first-order valence-electron chi connectivity index (χ1n) is 10.7. The summed E-state index contributed by atoms with van der Waals surface area (Å²) in [6.45, 7) is 6.70. The summed E-state index contributed by atoms with van der Waals surface area (Å²) >= 11 is 0. The van der Waals surface area contributed by atoms with Crippen molar-refractivity contribution in [1.82, 2.24) is 0 Å². The summed E-state index contributed by atoms with van der Waals surface area (Å²) in [7, 11) is 3.24. The monoisotopic (exact) mass is 467 g/mol. The Bertz CT molecular complexity index is 1280. The molecule has 3 rings (SSSR count). The minimum absolute atomic E-state index is 0.291. The van der Waals surface area contributed by atoms with Crippen LogP contribution in [-0.4, -0.2) is 37.8 Å². The summed E-state index contributed by atoms with van der Waals surface area (Å²) < 4.78 is 16.3. The van der Waals surface area contributed by atoms with Gasteiger partial charge in [-0.15, -0.1) is 0 Å². The molecule has 0 bridgehead atoms. The zero-order valence-electron chi connectivity index (χ0n) is 20.1. The second kappa shape index (κ2) is 9.46. The maximum atomic E-state index is 13.1.